The van der Waals surface area contributed by atoms with E-state index in [9.17, 15) is 4.79 Å². The van der Waals surface area contributed by atoms with Crippen molar-refractivity contribution in [2.45, 2.75) is 26.3 Å². The average Bonchev–Trinajstić information content (AvgIpc) is 2.92. The second-order valence-electron chi connectivity index (χ2n) is 5.44. The molecule has 20 heavy (non-hydrogen) atoms. The molecule has 0 aromatic heterocycles. The summed E-state index contributed by atoms with van der Waals surface area (Å²) in [5.41, 5.74) is 2.13. The Hall–Kier alpha value is -1.39. The molecule has 1 N–H and O–H groups in total. The molecule has 0 aliphatic carbocycles. The van der Waals surface area contributed by atoms with Crippen molar-refractivity contribution in [3.63, 3.8) is 0 Å². The van der Waals surface area contributed by atoms with Crippen LogP contribution in [0.25, 0.3) is 0 Å². The van der Waals surface area contributed by atoms with Gasteiger partial charge in [-0.3, -0.25) is 4.79 Å². The van der Waals surface area contributed by atoms with Crippen LogP contribution in [0.5, 0.6) is 0 Å². The molecular formula is C16H24N2O2. The monoisotopic (exact) mass is 276 g/mol. The first kappa shape index (κ1) is 15.0. The van der Waals surface area contributed by atoms with E-state index in [2.05, 4.69) is 12.2 Å². The van der Waals surface area contributed by atoms with Crippen LogP contribution in [0.2, 0.25) is 0 Å². The van der Waals surface area contributed by atoms with Crippen molar-refractivity contribution < 1.29 is 9.53 Å². The second kappa shape index (κ2) is 6.86. The number of benzene rings is 1. The Balaban J connectivity index is 2.03. The zero-order valence-electron chi connectivity index (χ0n) is 12.6. The van der Waals surface area contributed by atoms with Crippen molar-refractivity contribution >= 4 is 11.6 Å². The van der Waals surface area contributed by atoms with Crippen LogP contribution in [0.4, 0.5) is 5.69 Å². The summed E-state index contributed by atoms with van der Waals surface area (Å²) in [6.07, 6.45) is 1.06. The second-order valence-corrected chi connectivity index (χ2v) is 5.44. The van der Waals surface area contributed by atoms with Gasteiger partial charge in [0.2, 0.25) is 5.91 Å². The van der Waals surface area contributed by atoms with Crippen LogP contribution in [-0.2, 0) is 9.53 Å². The van der Waals surface area contributed by atoms with Crippen molar-refractivity contribution in [2.24, 2.45) is 5.92 Å². The molecule has 1 heterocycles. The van der Waals surface area contributed by atoms with Crippen molar-refractivity contribution in [2.75, 3.05) is 31.7 Å². The molecule has 110 valence electrons. The first-order valence-electron chi connectivity index (χ1n) is 7.29. The van der Waals surface area contributed by atoms with Crippen molar-refractivity contribution in [3.8, 4) is 0 Å². The normalized spacial score (nSPS) is 21.9. The number of nitrogens with one attached hydrogen (secondary N) is 1. The first-order valence-corrected chi connectivity index (χ1v) is 7.29. The van der Waals surface area contributed by atoms with Gasteiger partial charge in [-0.25, -0.2) is 0 Å². The molecule has 1 saturated heterocycles. The molecule has 0 spiro atoms. The van der Waals surface area contributed by atoms with Gasteiger partial charge in [0.15, 0.2) is 0 Å². The molecule has 1 aromatic carbocycles. The Morgan fingerprint density at radius 3 is 2.70 bits per heavy atom. The highest BCUT2D eigenvalue weighted by molar-refractivity contribution is 5.95. The number of carbonyl (C=O) groups excluding carboxylic acids is 1. The van der Waals surface area contributed by atoms with E-state index < -0.39 is 0 Å². The van der Waals surface area contributed by atoms with Crippen LogP contribution in [0.3, 0.4) is 0 Å². The number of hydrogen-bond acceptors (Lipinski definition) is 3. The maximum absolute atomic E-state index is 12.6. The standard InChI is InChI=1S/C16H24N2O2/c1-4-9-17-15-11-20-10-14(15)16(19)18(3)13-7-5-12(2)6-8-13/h5-8,14-15,17H,4,9-11H2,1-3H3. The molecule has 1 aliphatic heterocycles. The zero-order valence-corrected chi connectivity index (χ0v) is 12.6. The lowest BCUT2D eigenvalue weighted by Gasteiger charge is -2.24. The number of aryl methyl sites for hydroxylation is 1. The van der Waals surface area contributed by atoms with Crippen LogP contribution < -0.4 is 10.2 Å². The number of anilines is 1. The van der Waals surface area contributed by atoms with Gasteiger partial charge in [-0.1, -0.05) is 24.6 Å². The van der Waals surface area contributed by atoms with E-state index >= 15 is 0 Å². The molecule has 2 atom stereocenters. The van der Waals surface area contributed by atoms with Gasteiger partial charge in [-0.2, -0.15) is 0 Å². The fourth-order valence-corrected chi connectivity index (χ4v) is 2.47. The van der Waals surface area contributed by atoms with Crippen LogP contribution in [0.1, 0.15) is 18.9 Å². The van der Waals surface area contributed by atoms with Crippen LogP contribution in [0.15, 0.2) is 24.3 Å². The molecule has 0 bridgehead atoms. The summed E-state index contributed by atoms with van der Waals surface area (Å²) >= 11 is 0. The SMILES string of the molecule is CCCNC1COCC1C(=O)N(C)c1ccc(C)cc1. The topological polar surface area (TPSA) is 41.6 Å². The summed E-state index contributed by atoms with van der Waals surface area (Å²) in [5.74, 6) is 0.0350. The van der Waals surface area contributed by atoms with Gasteiger partial charge in [0.1, 0.15) is 0 Å². The highest BCUT2D eigenvalue weighted by Crippen LogP contribution is 2.21. The lowest BCUT2D eigenvalue weighted by Crippen LogP contribution is -2.45. The Labute approximate surface area is 121 Å². The van der Waals surface area contributed by atoms with Gasteiger partial charge in [0.25, 0.3) is 0 Å². The third kappa shape index (κ3) is 3.38. The maximum atomic E-state index is 12.6. The minimum Gasteiger partial charge on any atom is -0.379 e. The number of amides is 1. The number of ether oxygens (including phenoxy) is 1. The Kier molecular flexibility index (Phi) is 5.15. The molecule has 0 saturated carbocycles. The summed E-state index contributed by atoms with van der Waals surface area (Å²) in [6, 6.07) is 8.15. The highest BCUT2D eigenvalue weighted by atomic mass is 16.5. The van der Waals surface area contributed by atoms with E-state index in [4.69, 9.17) is 4.74 Å². The Bertz CT molecular complexity index is 444. The Morgan fingerprint density at radius 1 is 1.35 bits per heavy atom. The smallest absolute Gasteiger partial charge is 0.233 e. The first-order chi connectivity index (χ1) is 9.63. The van der Waals surface area contributed by atoms with Gasteiger partial charge >= 0.3 is 0 Å². The lowest BCUT2D eigenvalue weighted by atomic mass is 10.0. The third-order valence-corrected chi connectivity index (χ3v) is 3.81. The van der Waals surface area contributed by atoms with Gasteiger partial charge < -0.3 is 15.0 Å². The maximum Gasteiger partial charge on any atom is 0.233 e. The van der Waals surface area contributed by atoms with E-state index in [0.29, 0.717) is 13.2 Å². The Morgan fingerprint density at radius 2 is 2.05 bits per heavy atom. The van der Waals surface area contributed by atoms with Crippen LogP contribution >= 0.6 is 0 Å². The third-order valence-electron chi connectivity index (χ3n) is 3.81. The average molecular weight is 276 g/mol. The fourth-order valence-electron chi connectivity index (χ4n) is 2.47. The van der Waals surface area contributed by atoms with Crippen molar-refractivity contribution in [1.29, 1.82) is 0 Å². The van der Waals surface area contributed by atoms with Crippen molar-refractivity contribution in [3.05, 3.63) is 29.8 Å². The number of hydrogen-bond donors (Lipinski definition) is 1. The minimum atomic E-state index is -0.0900. The van der Waals surface area contributed by atoms with E-state index in [1.165, 1.54) is 5.56 Å². The molecule has 1 aromatic rings. The molecule has 0 radical (unpaired) electrons. The zero-order chi connectivity index (χ0) is 14.5. The quantitative estimate of drug-likeness (QED) is 0.894. The molecule has 2 unspecified atom stereocenters. The predicted molar refractivity (Wildman–Crippen MR) is 81.0 cm³/mol. The van der Waals surface area contributed by atoms with Gasteiger partial charge in [0, 0.05) is 18.8 Å². The summed E-state index contributed by atoms with van der Waals surface area (Å²) in [7, 11) is 1.84. The molecular weight excluding hydrogens is 252 g/mol. The number of nitrogens with zero attached hydrogens (tertiary/aromatic N) is 1. The molecule has 1 amide bonds. The van der Waals surface area contributed by atoms with Crippen LogP contribution in [-0.4, -0.2) is 38.8 Å². The van der Waals surface area contributed by atoms with Gasteiger partial charge in [0.05, 0.1) is 19.1 Å². The summed E-state index contributed by atoms with van der Waals surface area (Å²) in [6.45, 7) is 6.22. The summed E-state index contributed by atoms with van der Waals surface area (Å²) in [5, 5.41) is 3.41. The number of carbonyl (C=O) groups is 1. The predicted octanol–water partition coefficient (Wildman–Crippen LogP) is 1.97. The van der Waals surface area contributed by atoms with E-state index in [-0.39, 0.29) is 17.9 Å². The highest BCUT2D eigenvalue weighted by Gasteiger charge is 2.35. The largest absolute Gasteiger partial charge is 0.379 e. The van der Waals surface area contributed by atoms with E-state index in [1.54, 1.807) is 4.90 Å². The summed E-state index contributed by atoms with van der Waals surface area (Å²) < 4.78 is 5.48. The van der Waals surface area contributed by atoms with Gasteiger partial charge in [-0.15, -0.1) is 0 Å². The van der Waals surface area contributed by atoms with Gasteiger partial charge in [-0.05, 0) is 32.0 Å². The summed E-state index contributed by atoms with van der Waals surface area (Å²) in [4.78, 5) is 14.3. The molecule has 1 fully saturated rings. The van der Waals surface area contributed by atoms with E-state index in [1.807, 2.05) is 38.2 Å². The fraction of sp³-hybridized carbons (Fsp3) is 0.562. The molecule has 4 heteroatoms. The molecule has 1 aliphatic rings. The van der Waals surface area contributed by atoms with Crippen LogP contribution in [0, 0.1) is 12.8 Å². The minimum absolute atomic E-state index is 0.0900. The van der Waals surface area contributed by atoms with Crippen molar-refractivity contribution in [1.82, 2.24) is 5.32 Å². The number of rotatable bonds is 5. The van der Waals surface area contributed by atoms with E-state index in [0.717, 1.165) is 18.7 Å². The molecule has 4 nitrogen and oxygen atoms in total. The molecule has 2 rings (SSSR count). The lowest BCUT2D eigenvalue weighted by molar-refractivity contribution is -0.122.